The number of allylic oxidation sites excluding steroid dienone is 5. The summed E-state index contributed by atoms with van der Waals surface area (Å²) in [6.45, 7) is 10.4. The van der Waals surface area contributed by atoms with Crippen LogP contribution in [0.1, 0.15) is 44.7 Å². The SMILES string of the molecule is C=C[Si]1(C)C2=CC(=[N+]3CCC3)C=CC2=C(c2cc(C(=O)O)ccc2C(=O)N(C)CCS(=O)(=O)O)c2ccc(N3CCC3)cc21. The van der Waals surface area contributed by atoms with Crippen molar-refractivity contribution in [2.75, 3.05) is 50.4 Å². The predicted molar refractivity (Wildman–Crippen MR) is 174 cm³/mol. The first-order valence-corrected chi connectivity index (χ1v) is 19.0. The van der Waals surface area contributed by atoms with Crippen LogP contribution in [0, 0.1) is 0 Å². The number of carboxylic acid groups (broad SMARTS) is 1. The van der Waals surface area contributed by atoms with Gasteiger partial charge in [0, 0.05) is 50.1 Å². The minimum atomic E-state index is -4.29. The Balaban J connectivity index is 1.61. The number of carboxylic acids is 1. The molecule has 0 radical (unpaired) electrons. The average molecular weight is 631 g/mol. The lowest BCUT2D eigenvalue weighted by Crippen LogP contribution is -2.51. The molecule has 0 aromatic heterocycles. The van der Waals surface area contributed by atoms with Crippen molar-refractivity contribution in [1.82, 2.24) is 4.90 Å². The molecule has 44 heavy (non-hydrogen) atoms. The Kier molecular flexibility index (Phi) is 7.59. The molecule has 1 atom stereocenters. The third-order valence-corrected chi connectivity index (χ3v) is 13.9. The normalized spacial score (nSPS) is 20.7. The topological polar surface area (TPSA) is 118 Å². The zero-order valence-electron chi connectivity index (χ0n) is 24.9. The molecule has 1 unspecified atom stereocenters. The lowest BCUT2D eigenvalue weighted by Gasteiger charge is -2.40. The van der Waals surface area contributed by atoms with E-state index < -0.39 is 35.8 Å². The maximum Gasteiger partial charge on any atom is 0.335 e. The van der Waals surface area contributed by atoms with E-state index in [-0.39, 0.29) is 17.7 Å². The van der Waals surface area contributed by atoms with Crippen molar-refractivity contribution < 1.29 is 32.2 Å². The Morgan fingerprint density at radius 3 is 2.43 bits per heavy atom. The summed E-state index contributed by atoms with van der Waals surface area (Å²) in [5.74, 6) is -2.20. The van der Waals surface area contributed by atoms with Crippen LogP contribution in [0.5, 0.6) is 0 Å². The van der Waals surface area contributed by atoms with Gasteiger partial charge in [0.25, 0.3) is 16.0 Å². The minimum Gasteiger partial charge on any atom is -0.478 e. The van der Waals surface area contributed by atoms with Crippen molar-refractivity contribution in [2.45, 2.75) is 19.4 Å². The van der Waals surface area contributed by atoms with Crippen LogP contribution in [-0.4, -0.2) is 98.7 Å². The van der Waals surface area contributed by atoms with Crippen LogP contribution >= 0.6 is 0 Å². The Hall–Kier alpha value is -4.06. The van der Waals surface area contributed by atoms with Gasteiger partial charge in [0.2, 0.25) is 0 Å². The largest absolute Gasteiger partial charge is 0.478 e. The lowest BCUT2D eigenvalue weighted by molar-refractivity contribution is -0.582. The standard InChI is InChI=1S/C33H35N3O6SSi/c1-4-44(3)29-20-23(35-13-5-14-35)8-11-26(29)31(27-12-9-24(21-30(27)44)36-15-6-16-36)28-19-22(33(38)39)7-10-25(28)32(37)34(2)17-18-43(40,41)42/h4,7-12,19-21H,1,5-6,13-18H2,2-3H3,(H-,38,39,40,41,42)/p+1. The van der Waals surface area contributed by atoms with Crippen molar-refractivity contribution in [2.24, 2.45) is 0 Å². The number of amides is 1. The Morgan fingerprint density at radius 2 is 1.84 bits per heavy atom. The van der Waals surface area contributed by atoms with Crippen molar-refractivity contribution >= 4 is 52.2 Å². The number of anilines is 1. The number of carbonyl (C=O) groups excluding carboxylic acids is 1. The molecule has 11 heteroatoms. The van der Waals surface area contributed by atoms with Crippen molar-refractivity contribution in [3.63, 3.8) is 0 Å². The van der Waals surface area contributed by atoms with Crippen LogP contribution in [0.2, 0.25) is 6.55 Å². The molecule has 3 heterocycles. The second-order valence-corrected chi connectivity index (χ2v) is 17.5. The molecular formula is C33H36N3O6SSi+. The van der Waals surface area contributed by atoms with Gasteiger partial charge in [0.1, 0.15) is 21.2 Å². The fraction of sp³-hybridized carbons (Fsp3) is 0.303. The molecule has 6 rings (SSSR count). The molecule has 2 saturated heterocycles. The van der Waals surface area contributed by atoms with E-state index in [9.17, 15) is 27.7 Å². The van der Waals surface area contributed by atoms with Crippen molar-refractivity contribution in [3.8, 4) is 0 Å². The average Bonchev–Trinajstić information content (AvgIpc) is 2.93. The van der Waals surface area contributed by atoms with E-state index in [0.717, 1.165) is 77.5 Å². The summed E-state index contributed by atoms with van der Waals surface area (Å²) in [6, 6.07) is 10.9. The zero-order chi connectivity index (χ0) is 31.4. The van der Waals surface area contributed by atoms with Crippen molar-refractivity contribution in [1.29, 1.82) is 0 Å². The summed E-state index contributed by atoms with van der Waals surface area (Å²) in [4.78, 5) is 29.6. The molecule has 1 aliphatic carbocycles. The summed E-state index contributed by atoms with van der Waals surface area (Å²) in [5.41, 5.74) is 7.76. The van der Waals surface area contributed by atoms with Crippen LogP contribution in [0.3, 0.4) is 0 Å². The Morgan fingerprint density at radius 1 is 1.09 bits per heavy atom. The Bertz CT molecular complexity index is 1850. The van der Waals surface area contributed by atoms with Crippen LogP contribution in [-0.2, 0) is 10.1 Å². The first kappa shape index (κ1) is 30.0. The van der Waals surface area contributed by atoms with Crippen LogP contribution in [0.4, 0.5) is 5.69 Å². The first-order chi connectivity index (χ1) is 20.9. The van der Waals surface area contributed by atoms with Gasteiger partial charge in [0.05, 0.1) is 17.7 Å². The van der Waals surface area contributed by atoms with E-state index in [2.05, 4.69) is 64.7 Å². The van der Waals surface area contributed by atoms with E-state index in [1.807, 2.05) is 0 Å². The van der Waals surface area contributed by atoms with E-state index >= 15 is 0 Å². The summed E-state index contributed by atoms with van der Waals surface area (Å²) < 4.78 is 34.5. The molecule has 4 aliphatic rings. The number of hydrogen-bond acceptors (Lipinski definition) is 5. The van der Waals surface area contributed by atoms with Gasteiger partial charge in [-0.1, -0.05) is 18.3 Å². The minimum absolute atomic E-state index is 0.0384. The Labute approximate surface area is 258 Å². The van der Waals surface area contributed by atoms with Crippen LogP contribution in [0.25, 0.3) is 5.57 Å². The smallest absolute Gasteiger partial charge is 0.335 e. The van der Waals surface area contributed by atoms with E-state index in [0.29, 0.717) is 5.56 Å². The summed E-state index contributed by atoms with van der Waals surface area (Å²) in [7, 11) is -5.33. The van der Waals surface area contributed by atoms with Crippen LogP contribution < -0.4 is 10.1 Å². The second kappa shape index (κ2) is 11.1. The van der Waals surface area contributed by atoms with Gasteiger partial charge < -0.3 is 14.9 Å². The van der Waals surface area contributed by atoms with Gasteiger partial charge >= 0.3 is 5.97 Å². The summed E-state index contributed by atoms with van der Waals surface area (Å²) in [5, 5.41) is 12.3. The highest BCUT2D eigenvalue weighted by Crippen LogP contribution is 2.44. The van der Waals surface area contributed by atoms with E-state index in [1.165, 1.54) is 24.1 Å². The highest BCUT2D eigenvalue weighted by molar-refractivity contribution is 7.85. The number of aromatic carboxylic acids is 1. The highest BCUT2D eigenvalue weighted by atomic mass is 32.2. The lowest BCUT2D eigenvalue weighted by atomic mass is 9.86. The zero-order valence-corrected chi connectivity index (χ0v) is 26.7. The van der Waals surface area contributed by atoms with Gasteiger partial charge in [-0.3, -0.25) is 9.35 Å². The number of nitrogens with zero attached hydrogens (tertiary/aromatic N) is 3. The molecule has 3 aliphatic heterocycles. The van der Waals surface area contributed by atoms with Gasteiger partial charge in [-0.05, 0) is 75.5 Å². The number of rotatable bonds is 8. The van der Waals surface area contributed by atoms with Gasteiger partial charge in [-0.2, -0.15) is 8.42 Å². The van der Waals surface area contributed by atoms with E-state index in [1.54, 1.807) is 6.07 Å². The van der Waals surface area contributed by atoms with E-state index in [4.69, 9.17) is 0 Å². The molecule has 0 bridgehead atoms. The molecule has 228 valence electrons. The molecule has 2 fully saturated rings. The number of benzene rings is 2. The number of carbonyl (C=O) groups is 2. The molecule has 2 aromatic carbocycles. The second-order valence-electron chi connectivity index (χ2n) is 12.0. The maximum atomic E-state index is 13.9. The van der Waals surface area contributed by atoms with Crippen LogP contribution in [0.15, 0.2) is 77.7 Å². The molecule has 1 amide bonds. The fourth-order valence-corrected chi connectivity index (χ4v) is 10.00. The molecule has 0 spiro atoms. The maximum absolute atomic E-state index is 13.9. The van der Waals surface area contributed by atoms with Gasteiger partial charge in [-0.25, -0.2) is 9.37 Å². The highest BCUT2D eigenvalue weighted by Gasteiger charge is 2.43. The van der Waals surface area contributed by atoms with Gasteiger partial charge in [-0.15, -0.1) is 6.58 Å². The molecule has 0 saturated carbocycles. The molecular weight excluding hydrogens is 595 g/mol. The summed E-state index contributed by atoms with van der Waals surface area (Å²) in [6.07, 6.45) is 8.72. The molecule has 2 aromatic rings. The number of fused-ring (bicyclic) bond motifs is 2. The molecule has 2 N–H and O–H groups in total. The predicted octanol–water partition coefficient (Wildman–Crippen LogP) is 3.27. The third-order valence-electron chi connectivity index (χ3n) is 9.31. The quantitative estimate of drug-likeness (QED) is 0.261. The van der Waals surface area contributed by atoms with Gasteiger partial charge in [0.15, 0.2) is 5.71 Å². The van der Waals surface area contributed by atoms with Crippen molar-refractivity contribution in [3.05, 3.63) is 99.9 Å². The molecule has 9 nitrogen and oxygen atoms in total. The monoisotopic (exact) mass is 630 g/mol. The number of hydrogen-bond donors (Lipinski definition) is 2. The third kappa shape index (κ3) is 5.18. The summed E-state index contributed by atoms with van der Waals surface area (Å²) >= 11 is 0. The first-order valence-electron chi connectivity index (χ1n) is 14.8. The fourth-order valence-electron chi connectivity index (χ4n) is 6.33.